The molecule has 0 amide bonds. The van der Waals surface area contributed by atoms with Crippen LogP contribution < -0.4 is 9.47 Å². The number of rotatable bonds is 6. The van der Waals surface area contributed by atoms with E-state index in [1.807, 2.05) is 0 Å². The van der Waals surface area contributed by atoms with Gasteiger partial charge in [0.15, 0.2) is 0 Å². The van der Waals surface area contributed by atoms with E-state index in [-0.39, 0.29) is 0 Å². The van der Waals surface area contributed by atoms with Gasteiger partial charge in [-0.1, -0.05) is 0 Å². The molecular formula is C17H16O4. The van der Waals surface area contributed by atoms with Crippen molar-refractivity contribution in [3.05, 3.63) is 58.7 Å². The minimum Gasteiger partial charge on any atom is -0.496 e. The van der Waals surface area contributed by atoms with Crippen molar-refractivity contribution in [3.63, 3.8) is 0 Å². The lowest BCUT2D eigenvalue weighted by Gasteiger charge is -2.12. The fourth-order valence-corrected chi connectivity index (χ4v) is 2.23. The standard InChI is InChI=1S/C17H16O4/c1-20-16-5-3-12(10-18)7-14(16)9-15-8-13(11-19)4-6-17(15)21-2/h3-8,10-11H,9H2,1-2H3. The van der Waals surface area contributed by atoms with Gasteiger partial charge < -0.3 is 9.47 Å². The molecule has 0 fully saturated rings. The zero-order valence-corrected chi connectivity index (χ0v) is 12.0. The number of hydrogen-bond donors (Lipinski definition) is 0. The molecular weight excluding hydrogens is 268 g/mol. The molecule has 4 nitrogen and oxygen atoms in total. The predicted molar refractivity (Wildman–Crippen MR) is 79.6 cm³/mol. The van der Waals surface area contributed by atoms with Crippen LogP contribution in [0.1, 0.15) is 31.8 Å². The molecule has 0 aliphatic carbocycles. The fraction of sp³-hybridized carbons (Fsp3) is 0.176. The van der Waals surface area contributed by atoms with E-state index in [9.17, 15) is 9.59 Å². The van der Waals surface area contributed by atoms with Crippen molar-refractivity contribution in [2.45, 2.75) is 6.42 Å². The lowest BCUT2D eigenvalue weighted by molar-refractivity contribution is 0.111. The van der Waals surface area contributed by atoms with E-state index in [0.29, 0.717) is 29.0 Å². The van der Waals surface area contributed by atoms with Gasteiger partial charge in [-0.05, 0) is 47.5 Å². The molecule has 0 atom stereocenters. The summed E-state index contributed by atoms with van der Waals surface area (Å²) < 4.78 is 10.6. The van der Waals surface area contributed by atoms with Gasteiger partial charge in [0.25, 0.3) is 0 Å². The van der Waals surface area contributed by atoms with Crippen LogP contribution in [0.15, 0.2) is 36.4 Å². The molecule has 0 aliphatic rings. The molecule has 0 unspecified atom stereocenters. The summed E-state index contributed by atoms with van der Waals surface area (Å²) in [6, 6.07) is 10.5. The SMILES string of the molecule is COc1ccc(C=O)cc1Cc1cc(C=O)ccc1OC. The quantitative estimate of drug-likeness (QED) is 0.765. The summed E-state index contributed by atoms with van der Waals surface area (Å²) >= 11 is 0. The molecule has 0 aliphatic heterocycles. The van der Waals surface area contributed by atoms with Crippen molar-refractivity contribution in [1.29, 1.82) is 0 Å². The van der Waals surface area contributed by atoms with E-state index in [1.165, 1.54) is 0 Å². The Morgan fingerprint density at radius 1 is 0.810 bits per heavy atom. The van der Waals surface area contributed by atoms with Crippen molar-refractivity contribution >= 4 is 12.6 Å². The van der Waals surface area contributed by atoms with E-state index < -0.39 is 0 Å². The van der Waals surface area contributed by atoms with Gasteiger partial charge in [0.1, 0.15) is 24.1 Å². The van der Waals surface area contributed by atoms with Gasteiger partial charge in [-0.15, -0.1) is 0 Å². The molecule has 0 radical (unpaired) electrons. The molecule has 0 saturated heterocycles. The lowest BCUT2D eigenvalue weighted by Crippen LogP contribution is -1.99. The Morgan fingerprint density at radius 3 is 1.57 bits per heavy atom. The van der Waals surface area contributed by atoms with E-state index >= 15 is 0 Å². The Labute approximate surface area is 123 Å². The molecule has 0 spiro atoms. The van der Waals surface area contributed by atoms with Crippen molar-refractivity contribution in [3.8, 4) is 11.5 Å². The molecule has 4 heteroatoms. The summed E-state index contributed by atoms with van der Waals surface area (Å²) in [7, 11) is 3.16. The minimum atomic E-state index is 0.510. The third kappa shape index (κ3) is 3.28. The second-order valence-corrected chi connectivity index (χ2v) is 4.56. The van der Waals surface area contributed by atoms with E-state index in [4.69, 9.17) is 9.47 Å². The van der Waals surface area contributed by atoms with Crippen LogP contribution in [-0.4, -0.2) is 26.8 Å². The smallest absolute Gasteiger partial charge is 0.150 e. The fourth-order valence-electron chi connectivity index (χ4n) is 2.23. The number of carbonyl (C=O) groups excluding carboxylic acids is 2. The van der Waals surface area contributed by atoms with Crippen molar-refractivity contribution in [2.24, 2.45) is 0 Å². The van der Waals surface area contributed by atoms with Crippen LogP contribution in [0.2, 0.25) is 0 Å². The summed E-state index contributed by atoms with van der Waals surface area (Å²) in [5, 5.41) is 0. The van der Waals surface area contributed by atoms with E-state index in [0.717, 1.165) is 23.7 Å². The van der Waals surface area contributed by atoms with Crippen LogP contribution >= 0.6 is 0 Å². The number of ether oxygens (including phenoxy) is 2. The number of aldehydes is 2. The van der Waals surface area contributed by atoms with E-state index in [2.05, 4.69) is 0 Å². The molecule has 0 heterocycles. The van der Waals surface area contributed by atoms with Gasteiger partial charge in [-0.25, -0.2) is 0 Å². The number of benzene rings is 2. The minimum absolute atomic E-state index is 0.510. The maximum absolute atomic E-state index is 10.9. The van der Waals surface area contributed by atoms with Gasteiger partial charge in [-0.3, -0.25) is 9.59 Å². The highest BCUT2D eigenvalue weighted by atomic mass is 16.5. The lowest BCUT2D eigenvalue weighted by atomic mass is 9.99. The molecule has 2 aromatic carbocycles. The first-order valence-electron chi connectivity index (χ1n) is 6.46. The molecule has 0 bridgehead atoms. The Morgan fingerprint density at radius 2 is 1.24 bits per heavy atom. The second-order valence-electron chi connectivity index (χ2n) is 4.56. The maximum atomic E-state index is 10.9. The Balaban J connectivity index is 2.45. The first kappa shape index (κ1) is 14.8. The van der Waals surface area contributed by atoms with Gasteiger partial charge in [0, 0.05) is 17.5 Å². The van der Waals surface area contributed by atoms with Crippen LogP contribution in [0.3, 0.4) is 0 Å². The molecule has 2 rings (SSSR count). The molecule has 2 aromatic rings. The zero-order valence-electron chi connectivity index (χ0n) is 12.0. The molecule has 0 saturated carbocycles. The van der Waals surface area contributed by atoms with Gasteiger partial charge in [-0.2, -0.15) is 0 Å². The Kier molecular flexibility index (Phi) is 4.72. The summed E-state index contributed by atoms with van der Waals surface area (Å²) in [4.78, 5) is 21.8. The van der Waals surface area contributed by atoms with Crippen LogP contribution in [0.4, 0.5) is 0 Å². The van der Waals surface area contributed by atoms with Gasteiger partial charge in [0.2, 0.25) is 0 Å². The highest BCUT2D eigenvalue weighted by Gasteiger charge is 2.10. The summed E-state index contributed by atoms with van der Waals surface area (Å²) in [6.07, 6.45) is 2.10. The summed E-state index contributed by atoms with van der Waals surface area (Å²) in [5.74, 6) is 1.39. The maximum Gasteiger partial charge on any atom is 0.150 e. The molecule has 108 valence electrons. The normalized spacial score (nSPS) is 10.0. The molecule has 0 aromatic heterocycles. The summed E-state index contributed by atoms with van der Waals surface area (Å²) in [5.41, 5.74) is 2.89. The van der Waals surface area contributed by atoms with Crippen molar-refractivity contribution in [2.75, 3.05) is 14.2 Å². The number of carbonyl (C=O) groups is 2. The number of hydrogen-bond acceptors (Lipinski definition) is 4. The Bertz CT molecular complexity index is 604. The van der Waals surface area contributed by atoms with Crippen molar-refractivity contribution in [1.82, 2.24) is 0 Å². The van der Waals surface area contributed by atoms with Crippen molar-refractivity contribution < 1.29 is 19.1 Å². The predicted octanol–water partition coefficient (Wildman–Crippen LogP) is 2.92. The van der Waals surface area contributed by atoms with Crippen LogP contribution in [0, 0.1) is 0 Å². The first-order chi connectivity index (χ1) is 10.2. The van der Waals surface area contributed by atoms with Crippen LogP contribution in [0.5, 0.6) is 11.5 Å². The average molecular weight is 284 g/mol. The third-order valence-corrected chi connectivity index (χ3v) is 3.26. The topological polar surface area (TPSA) is 52.6 Å². The average Bonchev–Trinajstić information content (AvgIpc) is 2.54. The first-order valence-corrected chi connectivity index (χ1v) is 6.46. The number of methoxy groups -OCH3 is 2. The molecule has 21 heavy (non-hydrogen) atoms. The Hall–Kier alpha value is -2.62. The monoisotopic (exact) mass is 284 g/mol. The highest BCUT2D eigenvalue weighted by molar-refractivity contribution is 5.77. The second kappa shape index (κ2) is 6.70. The zero-order chi connectivity index (χ0) is 15.2. The van der Waals surface area contributed by atoms with E-state index in [1.54, 1.807) is 50.6 Å². The van der Waals surface area contributed by atoms with Gasteiger partial charge >= 0.3 is 0 Å². The van der Waals surface area contributed by atoms with Gasteiger partial charge in [0.05, 0.1) is 14.2 Å². The third-order valence-electron chi connectivity index (χ3n) is 3.26. The summed E-state index contributed by atoms with van der Waals surface area (Å²) in [6.45, 7) is 0. The van der Waals surface area contributed by atoms with Crippen LogP contribution in [0.25, 0.3) is 0 Å². The molecule has 0 N–H and O–H groups in total. The van der Waals surface area contributed by atoms with Crippen LogP contribution in [-0.2, 0) is 6.42 Å². The highest BCUT2D eigenvalue weighted by Crippen LogP contribution is 2.27. The largest absolute Gasteiger partial charge is 0.496 e.